The third kappa shape index (κ3) is 3.88. The third-order valence-electron chi connectivity index (χ3n) is 1.08. The molecular formula is C6H12N2O2. The summed E-state index contributed by atoms with van der Waals surface area (Å²) in [7, 11) is 0. The summed E-state index contributed by atoms with van der Waals surface area (Å²) < 4.78 is 0. The molecule has 0 saturated heterocycles. The van der Waals surface area contributed by atoms with E-state index in [1.807, 2.05) is 6.92 Å². The van der Waals surface area contributed by atoms with Crippen molar-refractivity contribution in [3.05, 3.63) is 0 Å². The Kier molecular flexibility index (Phi) is 4.28. The quantitative estimate of drug-likeness (QED) is 0.344. The Bertz CT molecular complexity index is 143. The monoisotopic (exact) mass is 144 g/mol. The molecule has 0 radical (unpaired) electrons. The summed E-state index contributed by atoms with van der Waals surface area (Å²) in [5, 5.41) is 11.7. The van der Waals surface area contributed by atoms with Gasteiger partial charge in [0.1, 0.15) is 0 Å². The van der Waals surface area contributed by atoms with Crippen molar-refractivity contribution in [2.24, 2.45) is 10.9 Å². The zero-order valence-electron chi connectivity index (χ0n) is 6.00. The first-order chi connectivity index (χ1) is 4.70. The molecule has 0 spiro atoms. The number of carboxylic acids is 1. The van der Waals surface area contributed by atoms with E-state index >= 15 is 0 Å². The Morgan fingerprint density at radius 2 is 2.30 bits per heavy atom. The van der Waals surface area contributed by atoms with Gasteiger partial charge in [0.05, 0.1) is 6.42 Å². The molecule has 0 amide bonds. The molecule has 0 rings (SSSR count). The van der Waals surface area contributed by atoms with Crippen molar-refractivity contribution in [2.75, 3.05) is 0 Å². The number of nitrogens with two attached hydrogens (primary N) is 1. The standard InChI is InChI=1S/C6H12N2O2/c1-2-3-5(8-7)4-6(9)10/h2-4,7H2,1H3,(H,9,10). The fourth-order valence-electron chi connectivity index (χ4n) is 0.662. The molecule has 0 unspecified atom stereocenters. The molecule has 0 heterocycles. The largest absolute Gasteiger partial charge is 0.481 e. The average Bonchev–Trinajstić information content (AvgIpc) is 1.86. The third-order valence-corrected chi connectivity index (χ3v) is 1.08. The smallest absolute Gasteiger partial charge is 0.309 e. The summed E-state index contributed by atoms with van der Waals surface area (Å²) in [6.45, 7) is 1.95. The van der Waals surface area contributed by atoms with E-state index in [4.69, 9.17) is 10.9 Å². The molecule has 0 aromatic carbocycles. The van der Waals surface area contributed by atoms with Crippen LogP contribution >= 0.6 is 0 Å². The summed E-state index contributed by atoms with van der Waals surface area (Å²) in [5.74, 6) is 4.05. The van der Waals surface area contributed by atoms with Gasteiger partial charge in [0, 0.05) is 5.71 Å². The van der Waals surface area contributed by atoms with Crippen LogP contribution in [-0.2, 0) is 4.79 Å². The van der Waals surface area contributed by atoms with Crippen molar-refractivity contribution in [1.29, 1.82) is 0 Å². The fourth-order valence-corrected chi connectivity index (χ4v) is 0.662. The molecule has 0 atom stereocenters. The lowest BCUT2D eigenvalue weighted by molar-refractivity contribution is -0.135. The van der Waals surface area contributed by atoms with E-state index in [0.717, 1.165) is 6.42 Å². The Balaban J connectivity index is 3.73. The van der Waals surface area contributed by atoms with Gasteiger partial charge in [-0.15, -0.1) is 0 Å². The van der Waals surface area contributed by atoms with Gasteiger partial charge in [-0.05, 0) is 6.42 Å². The maximum Gasteiger partial charge on any atom is 0.309 e. The molecule has 0 aliphatic carbocycles. The Labute approximate surface area is 59.7 Å². The Morgan fingerprint density at radius 3 is 2.60 bits per heavy atom. The van der Waals surface area contributed by atoms with Crippen LogP contribution in [0.15, 0.2) is 5.10 Å². The number of hydrogen-bond donors (Lipinski definition) is 2. The molecule has 4 nitrogen and oxygen atoms in total. The van der Waals surface area contributed by atoms with Gasteiger partial charge in [0.25, 0.3) is 0 Å². The Hall–Kier alpha value is -1.06. The van der Waals surface area contributed by atoms with Gasteiger partial charge in [-0.2, -0.15) is 5.10 Å². The predicted octanol–water partition coefficient (Wildman–Crippen LogP) is 0.576. The van der Waals surface area contributed by atoms with Crippen molar-refractivity contribution in [3.63, 3.8) is 0 Å². The highest BCUT2D eigenvalue weighted by Gasteiger charge is 2.03. The van der Waals surface area contributed by atoms with Gasteiger partial charge < -0.3 is 10.9 Å². The average molecular weight is 144 g/mol. The molecule has 3 N–H and O–H groups in total. The molecule has 0 aromatic rings. The topological polar surface area (TPSA) is 75.7 Å². The van der Waals surface area contributed by atoms with Gasteiger partial charge in [-0.3, -0.25) is 4.79 Å². The lowest BCUT2D eigenvalue weighted by atomic mass is 10.2. The van der Waals surface area contributed by atoms with Gasteiger partial charge >= 0.3 is 5.97 Å². The van der Waals surface area contributed by atoms with Crippen LogP contribution in [0.1, 0.15) is 26.2 Å². The summed E-state index contributed by atoms with van der Waals surface area (Å²) in [5.41, 5.74) is 0.551. The van der Waals surface area contributed by atoms with Crippen LogP contribution in [0.5, 0.6) is 0 Å². The summed E-state index contributed by atoms with van der Waals surface area (Å²) in [6.07, 6.45) is 1.51. The van der Waals surface area contributed by atoms with E-state index in [-0.39, 0.29) is 6.42 Å². The van der Waals surface area contributed by atoms with Crippen LogP contribution in [0.4, 0.5) is 0 Å². The van der Waals surface area contributed by atoms with Gasteiger partial charge in [0.15, 0.2) is 0 Å². The van der Waals surface area contributed by atoms with Crippen LogP contribution in [0, 0.1) is 0 Å². The zero-order valence-corrected chi connectivity index (χ0v) is 6.00. The van der Waals surface area contributed by atoms with Gasteiger partial charge in [-0.1, -0.05) is 13.3 Å². The van der Waals surface area contributed by atoms with E-state index in [1.54, 1.807) is 0 Å². The highest BCUT2D eigenvalue weighted by molar-refractivity contribution is 5.98. The van der Waals surface area contributed by atoms with Crippen LogP contribution in [0.2, 0.25) is 0 Å². The zero-order chi connectivity index (χ0) is 7.98. The number of hydrogen-bond acceptors (Lipinski definition) is 3. The van der Waals surface area contributed by atoms with Crippen LogP contribution < -0.4 is 5.84 Å². The minimum absolute atomic E-state index is 0.0374. The highest BCUT2D eigenvalue weighted by atomic mass is 16.4. The second kappa shape index (κ2) is 4.78. The Morgan fingerprint density at radius 1 is 1.70 bits per heavy atom. The minimum atomic E-state index is -0.877. The van der Waals surface area contributed by atoms with Crippen molar-refractivity contribution in [2.45, 2.75) is 26.2 Å². The first-order valence-corrected chi connectivity index (χ1v) is 3.18. The highest BCUT2D eigenvalue weighted by Crippen LogP contribution is 1.95. The number of nitrogens with zero attached hydrogens (tertiary/aromatic N) is 1. The molecule has 0 saturated carbocycles. The van der Waals surface area contributed by atoms with Crippen molar-refractivity contribution < 1.29 is 9.90 Å². The van der Waals surface area contributed by atoms with E-state index < -0.39 is 5.97 Å². The molecule has 10 heavy (non-hydrogen) atoms. The SMILES string of the molecule is CCCC(CC(=O)O)=NN. The molecule has 0 aliphatic heterocycles. The number of aliphatic carboxylic acids is 1. The van der Waals surface area contributed by atoms with Crippen LogP contribution in [0.25, 0.3) is 0 Å². The molecule has 0 fully saturated rings. The maximum atomic E-state index is 10.1. The second-order valence-corrected chi connectivity index (χ2v) is 2.02. The van der Waals surface area contributed by atoms with E-state index in [2.05, 4.69) is 5.10 Å². The van der Waals surface area contributed by atoms with Gasteiger partial charge in [0.2, 0.25) is 0 Å². The lowest BCUT2D eigenvalue weighted by Crippen LogP contribution is -2.08. The van der Waals surface area contributed by atoms with Crippen LogP contribution in [0.3, 0.4) is 0 Å². The molecule has 0 bridgehead atoms. The van der Waals surface area contributed by atoms with E-state index in [1.165, 1.54) is 0 Å². The molecule has 4 heteroatoms. The van der Waals surface area contributed by atoms with Crippen molar-refractivity contribution >= 4 is 11.7 Å². The molecular weight excluding hydrogens is 132 g/mol. The van der Waals surface area contributed by atoms with E-state index in [0.29, 0.717) is 12.1 Å². The van der Waals surface area contributed by atoms with Crippen LogP contribution in [-0.4, -0.2) is 16.8 Å². The number of rotatable bonds is 4. The van der Waals surface area contributed by atoms with E-state index in [9.17, 15) is 4.79 Å². The maximum absolute atomic E-state index is 10.1. The lowest BCUT2D eigenvalue weighted by Gasteiger charge is -1.97. The summed E-state index contributed by atoms with van der Waals surface area (Å²) >= 11 is 0. The number of carboxylic acid groups (broad SMARTS) is 1. The first-order valence-electron chi connectivity index (χ1n) is 3.18. The minimum Gasteiger partial charge on any atom is -0.481 e. The second-order valence-electron chi connectivity index (χ2n) is 2.02. The predicted molar refractivity (Wildman–Crippen MR) is 38.8 cm³/mol. The van der Waals surface area contributed by atoms with Gasteiger partial charge in [-0.25, -0.2) is 0 Å². The molecule has 0 aromatic heterocycles. The summed E-state index contributed by atoms with van der Waals surface area (Å²) in [6, 6.07) is 0. The first kappa shape index (κ1) is 8.94. The molecule has 58 valence electrons. The normalized spacial score (nSPS) is 11.5. The molecule has 0 aliphatic rings. The number of hydrazone groups is 1. The van der Waals surface area contributed by atoms with Crippen molar-refractivity contribution in [1.82, 2.24) is 0 Å². The number of carbonyl (C=O) groups is 1. The summed E-state index contributed by atoms with van der Waals surface area (Å²) in [4.78, 5) is 10.1. The van der Waals surface area contributed by atoms with Crippen molar-refractivity contribution in [3.8, 4) is 0 Å². The fraction of sp³-hybridized carbons (Fsp3) is 0.667.